The Kier molecular flexibility index (Phi) is 5.06. The molecule has 0 aliphatic carbocycles. The molecule has 0 aliphatic heterocycles. The highest BCUT2D eigenvalue weighted by atomic mass is 19.4. The van der Waals surface area contributed by atoms with Crippen molar-refractivity contribution < 1.29 is 23.1 Å². The molecule has 0 fully saturated rings. The van der Waals surface area contributed by atoms with Gasteiger partial charge in [-0.15, -0.1) is 0 Å². The van der Waals surface area contributed by atoms with Crippen LogP contribution in [0.15, 0.2) is 23.4 Å². The molecule has 0 bridgehead atoms. The van der Waals surface area contributed by atoms with E-state index >= 15 is 0 Å². The Hall–Kier alpha value is -2.12. The lowest BCUT2D eigenvalue weighted by Gasteiger charge is -2.26. The van der Waals surface area contributed by atoms with Crippen molar-refractivity contribution in [2.24, 2.45) is 10.9 Å². The number of benzene rings is 1. The van der Waals surface area contributed by atoms with Gasteiger partial charge in [0, 0.05) is 18.2 Å². The lowest BCUT2D eigenvalue weighted by atomic mass is 10.1. The number of oxime groups is 1. The average Bonchev–Trinajstić information content (AvgIpc) is 2.42. The van der Waals surface area contributed by atoms with Crippen molar-refractivity contribution in [1.29, 1.82) is 0 Å². The molecule has 0 atom stereocenters. The maximum absolute atomic E-state index is 12.6. The zero-order valence-corrected chi connectivity index (χ0v) is 11.1. The third-order valence-electron chi connectivity index (χ3n) is 2.68. The van der Waals surface area contributed by atoms with E-state index in [1.165, 1.54) is 25.3 Å². The van der Waals surface area contributed by atoms with Gasteiger partial charge in [0.2, 0.25) is 0 Å². The van der Waals surface area contributed by atoms with Gasteiger partial charge >= 0.3 is 6.18 Å². The molecule has 0 unspecified atom stereocenters. The van der Waals surface area contributed by atoms with Crippen LogP contribution in [0.2, 0.25) is 0 Å². The summed E-state index contributed by atoms with van der Waals surface area (Å²) in [6.45, 7) is 0.558. The second kappa shape index (κ2) is 6.36. The van der Waals surface area contributed by atoms with Crippen molar-refractivity contribution >= 4 is 11.5 Å². The minimum absolute atomic E-state index is 0.110. The van der Waals surface area contributed by atoms with E-state index in [1.54, 1.807) is 6.92 Å². The molecule has 0 aromatic heterocycles. The summed E-state index contributed by atoms with van der Waals surface area (Å²) in [6, 6.07) is 4.39. The Morgan fingerprint density at radius 1 is 1.45 bits per heavy atom. The summed E-state index contributed by atoms with van der Waals surface area (Å²) in [4.78, 5) is 1.08. The summed E-state index contributed by atoms with van der Waals surface area (Å²) in [6.07, 6.45) is -4.36. The Morgan fingerprint density at radius 2 is 2.10 bits per heavy atom. The van der Waals surface area contributed by atoms with Crippen LogP contribution in [0, 0.1) is 0 Å². The van der Waals surface area contributed by atoms with Crippen LogP contribution in [0.25, 0.3) is 0 Å². The predicted molar refractivity (Wildman–Crippen MR) is 69.4 cm³/mol. The van der Waals surface area contributed by atoms with Crippen molar-refractivity contribution in [3.05, 3.63) is 23.8 Å². The Morgan fingerprint density at radius 3 is 2.55 bits per heavy atom. The molecular formula is C12H16F3N3O2. The normalized spacial score (nSPS) is 12.3. The standard InChI is InChI=1S/C12H16F3N3O2/c1-3-18(7-12(13,14)15)10-6-8(20-2)4-5-9(10)11(16)17-19/h4-6,19H,3,7H2,1-2H3,(H2,16,17). The van der Waals surface area contributed by atoms with Crippen molar-refractivity contribution in [3.63, 3.8) is 0 Å². The van der Waals surface area contributed by atoms with Crippen LogP contribution in [-0.2, 0) is 0 Å². The number of hydrogen-bond donors (Lipinski definition) is 2. The first-order chi connectivity index (χ1) is 9.32. The molecule has 1 aromatic carbocycles. The summed E-state index contributed by atoms with van der Waals surface area (Å²) < 4.78 is 42.8. The van der Waals surface area contributed by atoms with Crippen LogP contribution in [0.5, 0.6) is 5.75 Å². The van der Waals surface area contributed by atoms with Crippen LogP contribution >= 0.6 is 0 Å². The summed E-state index contributed by atoms with van der Waals surface area (Å²) in [5.74, 6) is 0.124. The predicted octanol–water partition coefficient (Wildman–Crippen LogP) is 2.18. The molecule has 20 heavy (non-hydrogen) atoms. The van der Waals surface area contributed by atoms with E-state index in [2.05, 4.69) is 5.16 Å². The highest BCUT2D eigenvalue weighted by Gasteiger charge is 2.31. The van der Waals surface area contributed by atoms with Crippen LogP contribution in [0.1, 0.15) is 12.5 Å². The quantitative estimate of drug-likeness (QED) is 0.377. The zero-order valence-electron chi connectivity index (χ0n) is 11.1. The number of hydrogen-bond acceptors (Lipinski definition) is 4. The number of halogens is 3. The first kappa shape index (κ1) is 15.9. The van der Waals surface area contributed by atoms with E-state index in [9.17, 15) is 13.2 Å². The maximum atomic E-state index is 12.6. The lowest BCUT2D eigenvalue weighted by molar-refractivity contribution is -0.119. The van der Waals surface area contributed by atoms with Gasteiger partial charge in [-0.25, -0.2) is 0 Å². The molecule has 112 valence electrons. The molecule has 0 saturated carbocycles. The fourth-order valence-corrected chi connectivity index (χ4v) is 1.75. The third kappa shape index (κ3) is 3.94. The molecule has 0 radical (unpaired) electrons. The largest absolute Gasteiger partial charge is 0.497 e. The smallest absolute Gasteiger partial charge is 0.405 e. The molecule has 0 aliphatic rings. The molecular weight excluding hydrogens is 275 g/mol. The summed E-state index contributed by atoms with van der Waals surface area (Å²) in [7, 11) is 1.41. The average molecular weight is 291 g/mol. The number of alkyl halides is 3. The molecule has 1 rings (SSSR count). The molecule has 3 N–H and O–H groups in total. The first-order valence-corrected chi connectivity index (χ1v) is 5.80. The molecule has 8 heteroatoms. The van der Waals surface area contributed by atoms with Gasteiger partial charge in [-0.05, 0) is 19.1 Å². The Labute approximate surface area is 114 Å². The minimum atomic E-state index is -4.36. The molecule has 0 heterocycles. The van der Waals surface area contributed by atoms with Gasteiger partial charge in [-0.3, -0.25) is 0 Å². The number of ether oxygens (including phenoxy) is 1. The number of anilines is 1. The minimum Gasteiger partial charge on any atom is -0.497 e. The van der Waals surface area contributed by atoms with Crippen molar-refractivity contribution in [3.8, 4) is 5.75 Å². The van der Waals surface area contributed by atoms with E-state index in [1.807, 2.05) is 0 Å². The van der Waals surface area contributed by atoms with Gasteiger partial charge in [-0.2, -0.15) is 13.2 Å². The topological polar surface area (TPSA) is 71.1 Å². The molecule has 0 saturated heterocycles. The number of nitrogens with two attached hydrogens (primary N) is 1. The van der Waals surface area contributed by atoms with Gasteiger partial charge < -0.3 is 20.6 Å². The first-order valence-electron chi connectivity index (χ1n) is 5.80. The van der Waals surface area contributed by atoms with E-state index in [0.717, 1.165) is 4.90 Å². The fourth-order valence-electron chi connectivity index (χ4n) is 1.75. The van der Waals surface area contributed by atoms with Gasteiger partial charge in [0.25, 0.3) is 0 Å². The highest BCUT2D eigenvalue weighted by Crippen LogP contribution is 2.29. The SMILES string of the molecule is CCN(CC(F)(F)F)c1cc(OC)ccc1/C(N)=N/O. The van der Waals surface area contributed by atoms with Crippen molar-refractivity contribution in [1.82, 2.24) is 0 Å². The van der Waals surface area contributed by atoms with Crippen molar-refractivity contribution in [2.45, 2.75) is 13.1 Å². The van der Waals surface area contributed by atoms with Crippen LogP contribution in [-0.4, -0.2) is 37.4 Å². The van der Waals surface area contributed by atoms with Gasteiger partial charge in [-0.1, -0.05) is 5.16 Å². The molecule has 0 amide bonds. The second-order valence-corrected chi connectivity index (χ2v) is 4.00. The van der Waals surface area contributed by atoms with Crippen LogP contribution in [0.3, 0.4) is 0 Å². The molecule has 5 nitrogen and oxygen atoms in total. The Balaban J connectivity index is 3.29. The summed E-state index contributed by atoms with van der Waals surface area (Å²) in [5, 5.41) is 11.6. The number of methoxy groups -OCH3 is 1. The maximum Gasteiger partial charge on any atom is 0.405 e. The van der Waals surface area contributed by atoms with E-state index in [0.29, 0.717) is 5.75 Å². The second-order valence-electron chi connectivity index (χ2n) is 4.00. The monoisotopic (exact) mass is 291 g/mol. The summed E-state index contributed by atoms with van der Waals surface area (Å²) >= 11 is 0. The highest BCUT2D eigenvalue weighted by molar-refractivity contribution is 6.02. The molecule has 1 aromatic rings. The third-order valence-corrected chi connectivity index (χ3v) is 2.68. The number of nitrogens with zero attached hydrogens (tertiary/aromatic N) is 2. The lowest BCUT2D eigenvalue weighted by Crippen LogP contribution is -2.35. The van der Waals surface area contributed by atoms with Crippen LogP contribution in [0.4, 0.5) is 18.9 Å². The molecule has 0 spiro atoms. The van der Waals surface area contributed by atoms with Gasteiger partial charge in [0.05, 0.1) is 12.8 Å². The van der Waals surface area contributed by atoms with Gasteiger partial charge in [0.1, 0.15) is 12.3 Å². The number of amidine groups is 1. The van der Waals surface area contributed by atoms with E-state index in [4.69, 9.17) is 15.7 Å². The Bertz CT molecular complexity index is 489. The van der Waals surface area contributed by atoms with Crippen molar-refractivity contribution in [2.75, 3.05) is 25.1 Å². The zero-order chi connectivity index (χ0) is 15.3. The summed E-state index contributed by atoms with van der Waals surface area (Å²) in [5.41, 5.74) is 5.90. The number of rotatable bonds is 5. The van der Waals surface area contributed by atoms with Crippen LogP contribution < -0.4 is 15.4 Å². The fraction of sp³-hybridized carbons (Fsp3) is 0.417. The van der Waals surface area contributed by atoms with E-state index in [-0.39, 0.29) is 23.6 Å². The van der Waals surface area contributed by atoms with E-state index < -0.39 is 12.7 Å². The van der Waals surface area contributed by atoms with Gasteiger partial charge in [0.15, 0.2) is 5.84 Å².